The predicted octanol–water partition coefficient (Wildman–Crippen LogP) is 4.30. The van der Waals surface area contributed by atoms with Crippen LogP contribution in [-0.4, -0.2) is 42.4 Å². The number of ether oxygens (including phenoxy) is 1. The van der Waals surface area contributed by atoms with Gasteiger partial charge in [0.2, 0.25) is 0 Å². The number of carbonyl (C=O) groups is 2. The fourth-order valence-corrected chi connectivity index (χ4v) is 4.03. The fourth-order valence-electron chi connectivity index (χ4n) is 3.02. The van der Waals surface area contributed by atoms with Gasteiger partial charge in [0.05, 0.1) is 7.11 Å². The third kappa shape index (κ3) is 8.03. The number of nitrogens with one attached hydrogen (secondary N) is 1. The molecule has 1 heterocycles. The molecule has 0 aliphatic carbocycles. The van der Waals surface area contributed by atoms with Crippen molar-refractivity contribution in [3.8, 4) is 5.75 Å². The van der Waals surface area contributed by atoms with Gasteiger partial charge in [-0.3, -0.25) is 0 Å². The first kappa shape index (κ1) is 24.4. The highest BCUT2D eigenvalue weighted by Gasteiger charge is 2.20. The molecule has 1 aliphatic rings. The largest absolute Gasteiger partial charge is 0.497 e. The summed E-state index contributed by atoms with van der Waals surface area (Å²) in [4.78, 5) is 20.5. The Hall–Kier alpha value is -2.91. The lowest BCUT2D eigenvalue weighted by Crippen LogP contribution is -2.26. The van der Waals surface area contributed by atoms with E-state index in [0.29, 0.717) is 28.7 Å². The van der Waals surface area contributed by atoms with E-state index in [2.05, 4.69) is 5.32 Å². The van der Waals surface area contributed by atoms with Crippen molar-refractivity contribution in [3.63, 3.8) is 0 Å². The van der Waals surface area contributed by atoms with Crippen molar-refractivity contribution in [2.45, 2.75) is 28.6 Å². The van der Waals surface area contributed by atoms with Crippen LogP contribution in [-0.2, 0) is 9.59 Å². The molecule has 6 nitrogen and oxygen atoms in total. The lowest BCUT2D eigenvalue weighted by Gasteiger charge is -2.25. The summed E-state index contributed by atoms with van der Waals surface area (Å²) >= 11 is 1.34. The highest BCUT2D eigenvalue weighted by molar-refractivity contribution is 7.99. The molecular weight excluding hydrogens is 428 g/mol. The van der Waals surface area contributed by atoms with Crippen molar-refractivity contribution < 1.29 is 33.3 Å². The average molecular weight is 451 g/mol. The second kappa shape index (κ2) is 12.1. The van der Waals surface area contributed by atoms with E-state index in [1.165, 1.54) is 31.0 Å². The number of carboxylic acids is 2. The Morgan fingerprint density at radius 1 is 1.03 bits per heavy atom. The van der Waals surface area contributed by atoms with Crippen molar-refractivity contribution in [1.82, 2.24) is 5.32 Å². The Kier molecular flexibility index (Phi) is 9.48. The average Bonchev–Trinajstić information content (AvgIpc) is 2.76. The van der Waals surface area contributed by atoms with Gasteiger partial charge in [-0.05, 0) is 67.7 Å². The van der Waals surface area contributed by atoms with Gasteiger partial charge in [0.15, 0.2) is 0 Å². The number of rotatable bonds is 6. The maximum Gasteiger partial charge on any atom is 0.328 e. The second-order valence-electron chi connectivity index (χ2n) is 6.61. The zero-order chi connectivity index (χ0) is 22.8. The monoisotopic (exact) mass is 451 g/mol. The van der Waals surface area contributed by atoms with E-state index in [9.17, 15) is 18.4 Å². The van der Waals surface area contributed by atoms with Gasteiger partial charge in [0, 0.05) is 28.0 Å². The van der Waals surface area contributed by atoms with Crippen LogP contribution in [0.25, 0.3) is 0 Å². The van der Waals surface area contributed by atoms with E-state index < -0.39 is 11.9 Å². The number of aliphatic carboxylic acids is 2. The van der Waals surface area contributed by atoms with Gasteiger partial charge in [-0.2, -0.15) is 0 Å². The van der Waals surface area contributed by atoms with Crippen LogP contribution in [0.5, 0.6) is 5.75 Å². The molecule has 0 unspecified atom stereocenters. The van der Waals surface area contributed by atoms with Crippen LogP contribution in [0.2, 0.25) is 0 Å². The first-order valence-electron chi connectivity index (χ1n) is 9.45. The topological polar surface area (TPSA) is 95.9 Å². The van der Waals surface area contributed by atoms with E-state index in [4.69, 9.17) is 14.9 Å². The Balaban J connectivity index is 0.000000366. The van der Waals surface area contributed by atoms with Gasteiger partial charge in [-0.1, -0.05) is 11.8 Å². The molecule has 2 aromatic rings. The molecule has 1 saturated heterocycles. The minimum absolute atomic E-state index is 0.238. The lowest BCUT2D eigenvalue weighted by atomic mass is 9.90. The number of carboxylic acid groups (broad SMARTS) is 2. The smallest absolute Gasteiger partial charge is 0.328 e. The number of hydrogen-bond donors (Lipinski definition) is 3. The van der Waals surface area contributed by atoms with Crippen molar-refractivity contribution >= 4 is 23.7 Å². The van der Waals surface area contributed by atoms with Crippen LogP contribution < -0.4 is 10.1 Å². The summed E-state index contributed by atoms with van der Waals surface area (Å²) in [5.41, 5.74) is 0.978. The third-order valence-corrected chi connectivity index (χ3v) is 5.62. The zero-order valence-corrected chi connectivity index (χ0v) is 17.6. The summed E-state index contributed by atoms with van der Waals surface area (Å²) in [6, 6.07) is 9.60. The minimum atomic E-state index is -1.26. The molecule has 3 N–H and O–H groups in total. The van der Waals surface area contributed by atoms with Crippen LogP contribution in [0.4, 0.5) is 8.78 Å². The SMILES string of the molecule is COc1ccc(Sc2ccc(F)cc2C2CCNCC2)c(F)c1.O=C(O)/C=C/C(=O)O. The summed E-state index contributed by atoms with van der Waals surface area (Å²) in [7, 11) is 1.51. The zero-order valence-electron chi connectivity index (χ0n) is 16.8. The van der Waals surface area contributed by atoms with Crippen molar-refractivity contribution in [3.05, 3.63) is 65.7 Å². The Morgan fingerprint density at radius 3 is 2.19 bits per heavy atom. The van der Waals surface area contributed by atoms with Gasteiger partial charge in [0.25, 0.3) is 0 Å². The molecule has 2 aromatic carbocycles. The van der Waals surface area contributed by atoms with E-state index in [1.54, 1.807) is 24.3 Å². The third-order valence-electron chi connectivity index (χ3n) is 4.48. The minimum Gasteiger partial charge on any atom is -0.497 e. The predicted molar refractivity (Wildman–Crippen MR) is 113 cm³/mol. The summed E-state index contributed by atoms with van der Waals surface area (Å²) in [5, 5.41) is 18.9. The Morgan fingerprint density at radius 2 is 1.65 bits per heavy atom. The van der Waals surface area contributed by atoms with Gasteiger partial charge in [-0.15, -0.1) is 0 Å². The van der Waals surface area contributed by atoms with Gasteiger partial charge in [-0.25, -0.2) is 18.4 Å². The summed E-state index contributed by atoms with van der Waals surface area (Å²) in [6.07, 6.45) is 3.06. The highest BCUT2D eigenvalue weighted by atomic mass is 32.2. The lowest BCUT2D eigenvalue weighted by molar-refractivity contribution is -0.134. The first-order chi connectivity index (χ1) is 14.8. The number of benzene rings is 2. The van der Waals surface area contributed by atoms with Crippen LogP contribution in [0.15, 0.2) is 58.3 Å². The van der Waals surface area contributed by atoms with Crippen LogP contribution in [0.3, 0.4) is 0 Å². The number of piperidine rings is 1. The highest BCUT2D eigenvalue weighted by Crippen LogP contribution is 2.39. The maximum absolute atomic E-state index is 14.2. The van der Waals surface area contributed by atoms with Crippen molar-refractivity contribution in [2.24, 2.45) is 0 Å². The molecule has 0 aromatic heterocycles. The molecule has 0 atom stereocenters. The number of methoxy groups -OCH3 is 1. The first-order valence-corrected chi connectivity index (χ1v) is 10.3. The quantitative estimate of drug-likeness (QED) is 0.564. The second-order valence-corrected chi connectivity index (χ2v) is 7.70. The normalized spacial score (nSPS) is 14.0. The summed E-state index contributed by atoms with van der Waals surface area (Å²) in [5.74, 6) is -2.27. The van der Waals surface area contributed by atoms with E-state index in [1.807, 2.05) is 0 Å². The van der Waals surface area contributed by atoms with Gasteiger partial charge in [0.1, 0.15) is 17.4 Å². The molecule has 0 radical (unpaired) electrons. The standard InChI is InChI=1S/C18H19F2NOS.C4H4O4/c1-22-14-3-5-18(16(20)11-14)23-17-4-2-13(19)10-15(17)12-6-8-21-9-7-12;5-3(6)1-2-4(7)8/h2-5,10-12,21H,6-9H2,1H3;1-2H,(H,5,6)(H,7,8)/b;2-1+. The Bertz CT molecular complexity index is 929. The van der Waals surface area contributed by atoms with Crippen LogP contribution in [0.1, 0.15) is 24.3 Å². The van der Waals surface area contributed by atoms with Crippen molar-refractivity contribution in [2.75, 3.05) is 20.2 Å². The van der Waals surface area contributed by atoms with Gasteiger partial charge >= 0.3 is 11.9 Å². The maximum atomic E-state index is 14.2. The van der Waals surface area contributed by atoms with E-state index in [-0.39, 0.29) is 11.6 Å². The van der Waals surface area contributed by atoms with Gasteiger partial charge < -0.3 is 20.3 Å². The summed E-state index contributed by atoms with van der Waals surface area (Å²) in [6.45, 7) is 1.87. The number of hydrogen-bond acceptors (Lipinski definition) is 5. The molecule has 0 amide bonds. The molecule has 31 heavy (non-hydrogen) atoms. The molecule has 0 spiro atoms. The molecule has 0 saturated carbocycles. The van der Waals surface area contributed by atoms with Crippen molar-refractivity contribution in [1.29, 1.82) is 0 Å². The van der Waals surface area contributed by atoms with Crippen LogP contribution >= 0.6 is 11.8 Å². The molecular formula is C22H23F2NO5S. The fraction of sp³-hybridized carbons (Fsp3) is 0.273. The molecule has 0 bridgehead atoms. The number of halogens is 2. The van der Waals surface area contributed by atoms with Crippen LogP contribution in [0, 0.1) is 11.6 Å². The molecule has 166 valence electrons. The Labute approximate surface area is 182 Å². The molecule has 9 heteroatoms. The summed E-state index contributed by atoms with van der Waals surface area (Å²) < 4.78 is 32.9. The molecule has 1 fully saturated rings. The molecule has 3 rings (SSSR count). The molecule has 1 aliphatic heterocycles. The van der Waals surface area contributed by atoms with E-state index >= 15 is 0 Å². The van der Waals surface area contributed by atoms with E-state index in [0.717, 1.165) is 36.4 Å².